The third kappa shape index (κ3) is 8.49. The molecule has 0 radical (unpaired) electrons. The minimum Gasteiger partial charge on any atom is -0.354 e. The normalized spacial score (nSPS) is 11.9. The average molecular weight is 697 g/mol. The SMILES string of the molecule is CCCNC(=O)C(Cc1ccccc1)N(Cc1ccc(Br)cc1)C(=O)CN(c1ccc(C)c(Cl)c1)S(=O)(=O)c1ccccc1. The fourth-order valence-corrected chi connectivity index (χ4v) is 6.56. The molecule has 0 saturated carbocycles. The van der Waals surface area contributed by atoms with E-state index in [0.717, 1.165) is 31.9 Å². The summed E-state index contributed by atoms with van der Waals surface area (Å²) < 4.78 is 30.0. The third-order valence-corrected chi connectivity index (χ3v) is 9.86. The van der Waals surface area contributed by atoms with Gasteiger partial charge in [-0.15, -0.1) is 0 Å². The van der Waals surface area contributed by atoms with E-state index in [1.165, 1.54) is 17.0 Å². The lowest BCUT2D eigenvalue weighted by molar-refractivity contribution is -0.140. The third-order valence-electron chi connectivity index (χ3n) is 7.14. The van der Waals surface area contributed by atoms with E-state index >= 15 is 0 Å². The Balaban J connectivity index is 1.80. The van der Waals surface area contributed by atoms with Crippen LogP contribution < -0.4 is 9.62 Å². The second-order valence-corrected chi connectivity index (χ2v) is 13.6. The lowest BCUT2D eigenvalue weighted by Crippen LogP contribution is -2.53. The monoisotopic (exact) mass is 695 g/mol. The smallest absolute Gasteiger partial charge is 0.264 e. The van der Waals surface area contributed by atoms with E-state index in [4.69, 9.17) is 11.6 Å². The Kier molecular flexibility index (Phi) is 11.6. The molecular formula is C34H35BrClN3O4S. The average Bonchev–Trinajstić information content (AvgIpc) is 3.03. The van der Waals surface area contributed by atoms with Crippen molar-refractivity contribution in [3.8, 4) is 0 Å². The zero-order valence-corrected chi connectivity index (χ0v) is 27.8. The Labute approximate surface area is 273 Å². The minimum absolute atomic E-state index is 0.0329. The molecule has 4 aromatic carbocycles. The molecule has 0 fully saturated rings. The summed E-state index contributed by atoms with van der Waals surface area (Å²) in [6.07, 6.45) is 0.974. The Hall–Kier alpha value is -3.66. The summed E-state index contributed by atoms with van der Waals surface area (Å²) >= 11 is 9.88. The van der Waals surface area contributed by atoms with Crippen molar-refractivity contribution >= 4 is 55.1 Å². The van der Waals surface area contributed by atoms with Crippen LogP contribution in [0.25, 0.3) is 0 Å². The number of nitrogens with one attached hydrogen (secondary N) is 1. The van der Waals surface area contributed by atoms with Crippen molar-refractivity contribution in [2.24, 2.45) is 0 Å². The zero-order chi connectivity index (χ0) is 31.7. The molecule has 0 aromatic heterocycles. The zero-order valence-electron chi connectivity index (χ0n) is 24.6. The van der Waals surface area contributed by atoms with Gasteiger partial charge in [-0.3, -0.25) is 13.9 Å². The highest BCUT2D eigenvalue weighted by Gasteiger charge is 2.34. The molecule has 0 spiro atoms. The van der Waals surface area contributed by atoms with Gasteiger partial charge in [-0.25, -0.2) is 8.42 Å². The van der Waals surface area contributed by atoms with Gasteiger partial charge in [0.15, 0.2) is 0 Å². The minimum atomic E-state index is -4.19. The largest absolute Gasteiger partial charge is 0.354 e. The molecule has 0 saturated heterocycles. The van der Waals surface area contributed by atoms with E-state index in [2.05, 4.69) is 21.2 Å². The summed E-state index contributed by atoms with van der Waals surface area (Å²) in [5, 5.41) is 3.32. The van der Waals surface area contributed by atoms with Gasteiger partial charge < -0.3 is 10.2 Å². The lowest BCUT2D eigenvalue weighted by Gasteiger charge is -2.34. The van der Waals surface area contributed by atoms with Crippen LogP contribution in [0.2, 0.25) is 5.02 Å². The maximum Gasteiger partial charge on any atom is 0.264 e. The summed E-state index contributed by atoms with van der Waals surface area (Å²) in [5.74, 6) is -0.839. The highest BCUT2D eigenvalue weighted by Crippen LogP contribution is 2.29. The van der Waals surface area contributed by atoms with Crippen LogP contribution in [0, 0.1) is 6.92 Å². The summed E-state index contributed by atoms with van der Waals surface area (Å²) in [5.41, 5.74) is 2.68. The van der Waals surface area contributed by atoms with E-state index in [9.17, 15) is 18.0 Å². The predicted octanol–water partition coefficient (Wildman–Crippen LogP) is 6.77. The molecule has 10 heteroatoms. The highest BCUT2D eigenvalue weighted by atomic mass is 79.9. The molecule has 1 N–H and O–H groups in total. The van der Waals surface area contributed by atoms with Crippen LogP contribution in [0.1, 0.15) is 30.0 Å². The maximum atomic E-state index is 14.4. The molecule has 7 nitrogen and oxygen atoms in total. The maximum absolute atomic E-state index is 14.4. The van der Waals surface area contributed by atoms with Crippen LogP contribution in [0.4, 0.5) is 5.69 Å². The molecule has 0 aliphatic heterocycles. The van der Waals surface area contributed by atoms with Crippen molar-refractivity contribution < 1.29 is 18.0 Å². The fraction of sp³-hybridized carbons (Fsp3) is 0.235. The summed E-state index contributed by atoms with van der Waals surface area (Å²) in [6, 6.07) is 28.9. The van der Waals surface area contributed by atoms with Crippen LogP contribution in [0.15, 0.2) is 112 Å². The van der Waals surface area contributed by atoms with Crippen molar-refractivity contribution in [2.45, 2.75) is 44.2 Å². The Morgan fingerprint density at radius 1 is 0.886 bits per heavy atom. The molecule has 230 valence electrons. The van der Waals surface area contributed by atoms with Gasteiger partial charge in [0.1, 0.15) is 12.6 Å². The van der Waals surface area contributed by atoms with Crippen LogP contribution in [-0.2, 0) is 32.6 Å². The van der Waals surface area contributed by atoms with Crippen LogP contribution in [0.3, 0.4) is 0 Å². The van der Waals surface area contributed by atoms with Crippen LogP contribution in [-0.4, -0.2) is 44.3 Å². The first-order valence-electron chi connectivity index (χ1n) is 14.3. The predicted molar refractivity (Wildman–Crippen MR) is 179 cm³/mol. The van der Waals surface area contributed by atoms with E-state index in [0.29, 0.717) is 11.6 Å². The number of hydrogen-bond donors (Lipinski definition) is 1. The van der Waals surface area contributed by atoms with Gasteiger partial charge in [0.2, 0.25) is 11.8 Å². The Morgan fingerprint density at radius 2 is 1.52 bits per heavy atom. The molecular weight excluding hydrogens is 662 g/mol. The molecule has 4 aromatic rings. The number of rotatable bonds is 13. The van der Waals surface area contributed by atoms with Crippen molar-refractivity contribution in [1.29, 1.82) is 0 Å². The summed E-state index contributed by atoms with van der Waals surface area (Å²) in [4.78, 5) is 29.6. The Morgan fingerprint density at radius 3 is 2.14 bits per heavy atom. The van der Waals surface area contributed by atoms with Crippen LogP contribution >= 0.6 is 27.5 Å². The van der Waals surface area contributed by atoms with Gasteiger partial charge in [-0.1, -0.05) is 101 Å². The van der Waals surface area contributed by atoms with Crippen molar-refractivity contribution in [1.82, 2.24) is 10.2 Å². The van der Waals surface area contributed by atoms with Gasteiger partial charge in [0.25, 0.3) is 10.0 Å². The number of halogens is 2. The topological polar surface area (TPSA) is 86.8 Å². The molecule has 2 amide bonds. The number of carbonyl (C=O) groups excluding carboxylic acids is 2. The van der Waals surface area contributed by atoms with Crippen molar-refractivity contribution in [2.75, 3.05) is 17.4 Å². The number of sulfonamides is 1. The van der Waals surface area contributed by atoms with Gasteiger partial charge >= 0.3 is 0 Å². The molecule has 1 atom stereocenters. The molecule has 4 rings (SSSR count). The molecule has 0 heterocycles. The highest BCUT2D eigenvalue weighted by molar-refractivity contribution is 9.10. The van der Waals surface area contributed by atoms with Gasteiger partial charge in [-0.05, 0) is 66.4 Å². The number of amides is 2. The first kappa shape index (κ1) is 33.2. The molecule has 0 aliphatic rings. The van der Waals surface area contributed by atoms with E-state index in [-0.39, 0.29) is 29.5 Å². The number of anilines is 1. The second kappa shape index (κ2) is 15.4. The number of nitrogens with zero attached hydrogens (tertiary/aromatic N) is 2. The van der Waals surface area contributed by atoms with Gasteiger partial charge in [0, 0.05) is 29.0 Å². The van der Waals surface area contributed by atoms with E-state index in [1.807, 2.05) is 68.4 Å². The van der Waals surface area contributed by atoms with Crippen LogP contribution in [0.5, 0.6) is 0 Å². The van der Waals surface area contributed by atoms with Gasteiger partial charge in [-0.2, -0.15) is 0 Å². The molecule has 1 unspecified atom stereocenters. The molecule has 0 aliphatic carbocycles. The second-order valence-electron chi connectivity index (χ2n) is 10.4. The number of aryl methyl sites for hydroxylation is 1. The van der Waals surface area contributed by atoms with Gasteiger partial charge in [0.05, 0.1) is 10.6 Å². The van der Waals surface area contributed by atoms with E-state index in [1.54, 1.807) is 36.4 Å². The summed E-state index contributed by atoms with van der Waals surface area (Å²) in [6.45, 7) is 3.77. The summed E-state index contributed by atoms with van der Waals surface area (Å²) in [7, 11) is -4.19. The Bertz CT molecular complexity index is 1670. The molecule has 44 heavy (non-hydrogen) atoms. The quantitative estimate of drug-likeness (QED) is 0.167. The first-order chi connectivity index (χ1) is 21.1. The van der Waals surface area contributed by atoms with Crippen molar-refractivity contribution in [3.05, 3.63) is 129 Å². The number of hydrogen-bond acceptors (Lipinski definition) is 4. The van der Waals surface area contributed by atoms with E-state index < -0.39 is 28.5 Å². The van der Waals surface area contributed by atoms with Crippen molar-refractivity contribution in [3.63, 3.8) is 0 Å². The first-order valence-corrected chi connectivity index (χ1v) is 16.9. The molecule has 0 bridgehead atoms. The lowest BCUT2D eigenvalue weighted by atomic mass is 10.0. The number of benzene rings is 4. The number of carbonyl (C=O) groups is 2. The standard InChI is InChI=1S/C34H35BrClN3O4S/c1-3-20-37-34(41)32(21-26-10-6-4-7-11-26)38(23-27-15-17-28(35)18-16-27)33(40)24-39(29-19-14-25(2)31(36)22-29)44(42,43)30-12-8-5-9-13-30/h4-19,22,32H,3,20-21,23-24H2,1-2H3,(H,37,41). The fourth-order valence-electron chi connectivity index (χ4n) is 4.69.